The van der Waals surface area contributed by atoms with E-state index in [-0.39, 0.29) is 11.8 Å². The van der Waals surface area contributed by atoms with Crippen LogP contribution in [0.1, 0.15) is 58.6 Å². The van der Waals surface area contributed by atoms with Crippen LogP contribution in [0.4, 0.5) is 0 Å². The van der Waals surface area contributed by atoms with Crippen LogP contribution >= 0.6 is 0 Å². The van der Waals surface area contributed by atoms with E-state index in [2.05, 4.69) is 46.0 Å². The summed E-state index contributed by atoms with van der Waals surface area (Å²) in [5.41, 5.74) is 1.85. The highest BCUT2D eigenvalue weighted by molar-refractivity contribution is 7.88. The maximum absolute atomic E-state index is 12.0. The van der Waals surface area contributed by atoms with Crippen LogP contribution < -0.4 is 15.4 Å². The summed E-state index contributed by atoms with van der Waals surface area (Å²) in [5.74, 6) is 0.769. The van der Waals surface area contributed by atoms with Crippen molar-refractivity contribution in [1.29, 1.82) is 0 Å². The number of hydrogen-bond donors (Lipinski definition) is 3. The molecule has 1 aromatic carbocycles. The van der Waals surface area contributed by atoms with Crippen LogP contribution in [0.15, 0.2) is 29.3 Å². The highest BCUT2D eigenvalue weighted by Gasteiger charge is 2.13. The SMILES string of the molecule is CCN(CC)CCCC(C)NC(=NC)NCc1ccc(CS(=O)(=O)NC(C)C)cc1. The second-order valence-corrected chi connectivity index (χ2v) is 9.74. The van der Waals surface area contributed by atoms with E-state index in [1.165, 1.54) is 0 Å². The first-order chi connectivity index (χ1) is 14.2. The van der Waals surface area contributed by atoms with Crippen LogP contribution in [-0.4, -0.2) is 58.0 Å². The van der Waals surface area contributed by atoms with E-state index in [1.807, 2.05) is 38.1 Å². The third kappa shape index (κ3) is 10.9. The summed E-state index contributed by atoms with van der Waals surface area (Å²) < 4.78 is 26.7. The molecule has 0 amide bonds. The van der Waals surface area contributed by atoms with Crippen molar-refractivity contribution in [2.45, 2.75) is 71.8 Å². The van der Waals surface area contributed by atoms with Crippen molar-refractivity contribution >= 4 is 16.0 Å². The van der Waals surface area contributed by atoms with Gasteiger partial charge < -0.3 is 15.5 Å². The van der Waals surface area contributed by atoms with Gasteiger partial charge in [0.1, 0.15) is 0 Å². The Morgan fingerprint density at radius 3 is 2.20 bits per heavy atom. The topological polar surface area (TPSA) is 85.8 Å². The number of rotatable bonds is 13. The van der Waals surface area contributed by atoms with E-state index in [4.69, 9.17) is 0 Å². The van der Waals surface area contributed by atoms with Gasteiger partial charge in [-0.1, -0.05) is 38.1 Å². The molecule has 0 saturated carbocycles. The molecular formula is C22H41N5O2S. The van der Waals surface area contributed by atoms with Gasteiger partial charge >= 0.3 is 0 Å². The molecule has 0 aromatic heterocycles. The number of benzene rings is 1. The zero-order valence-electron chi connectivity index (χ0n) is 19.5. The highest BCUT2D eigenvalue weighted by Crippen LogP contribution is 2.08. The molecule has 0 fully saturated rings. The lowest BCUT2D eigenvalue weighted by atomic mass is 10.1. The fourth-order valence-electron chi connectivity index (χ4n) is 3.22. The Morgan fingerprint density at radius 1 is 1.07 bits per heavy atom. The molecule has 0 aliphatic heterocycles. The molecule has 172 valence electrons. The molecule has 0 saturated heterocycles. The van der Waals surface area contributed by atoms with Crippen LogP contribution in [0.2, 0.25) is 0 Å². The van der Waals surface area contributed by atoms with Gasteiger partial charge in [0, 0.05) is 25.7 Å². The minimum absolute atomic E-state index is 0.00683. The number of nitrogens with one attached hydrogen (secondary N) is 3. The fraction of sp³-hybridized carbons (Fsp3) is 0.682. The highest BCUT2D eigenvalue weighted by atomic mass is 32.2. The summed E-state index contributed by atoms with van der Waals surface area (Å²) in [4.78, 5) is 6.75. The molecule has 3 N–H and O–H groups in total. The standard InChI is InChI=1S/C22H41N5O2S/c1-7-27(8-2)15-9-10-19(5)25-22(23-6)24-16-20-11-13-21(14-12-20)17-30(28,29)26-18(3)4/h11-14,18-19,26H,7-10,15-17H2,1-6H3,(H2,23,24,25). The summed E-state index contributed by atoms with van der Waals surface area (Å²) in [7, 11) is -1.53. The first-order valence-electron chi connectivity index (χ1n) is 11.0. The zero-order chi connectivity index (χ0) is 22.6. The van der Waals surface area contributed by atoms with Crippen LogP contribution in [0.25, 0.3) is 0 Å². The molecule has 0 bridgehead atoms. The summed E-state index contributed by atoms with van der Waals surface area (Å²) in [5, 5.41) is 6.77. The van der Waals surface area contributed by atoms with Crippen molar-refractivity contribution < 1.29 is 8.42 Å². The maximum atomic E-state index is 12.0. The van der Waals surface area contributed by atoms with E-state index in [0.717, 1.165) is 49.6 Å². The normalized spacial score (nSPS) is 13.7. The second kappa shape index (κ2) is 13.6. The third-order valence-corrected chi connectivity index (χ3v) is 6.41. The monoisotopic (exact) mass is 439 g/mol. The molecule has 30 heavy (non-hydrogen) atoms. The van der Waals surface area contributed by atoms with Gasteiger partial charge in [-0.25, -0.2) is 13.1 Å². The minimum atomic E-state index is -3.30. The lowest BCUT2D eigenvalue weighted by Crippen LogP contribution is -2.42. The number of sulfonamides is 1. The minimum Gasteiger partial charge on any atom is -0.354 e. The van der Waals surface area contributed by atoms with Gasteiger partial charge in [-0.3, -0.25) is 4.99 Å². The number of aliphatic imine (C=N–C) groups is 1. The molecular weight excluding hydrogens is 398 g/mol. The maximum Gasteiger partial charge on any atom is 0.216 e. The van der Waals surface area contributed by atoms with Gasteiger partial charge in [0.2, 0.25) is 10.0 Å². The lowest BCUT2D eigenvalue weighted by molar-refractivity contribution is 0.292. The predicted octanol–water partition coefficient (Wildman–Crippen LogP) is 2.69. The molecule has 0 aliphatic carbocycles. The fourth-order valence-corrected chi connectivity index (χ4v) is 4.65. The van der Waals surface area contributed by atoms with E-state index in [1.54, 1.807) is 7.05 Å². The van der Waals surface area contributed by atoms with Gasteiger partial charge in [0.15, 0.2) is 5.96 Å². The van der Waals surface area contributed by atoms with Crippen molar-refractivity contribution in [2.75, 3.05) is 26.7 Å². The van der Waals surface area contributed by atoms with Gasteiger partial charge in [0.05, 0.1) is 5.75 Å². The number of guanidine groups is 1. The average Bonchev–Trinajstić information content (AvgIpc) is 2.68. The van der Waals surface area contributed by atoms with Crippen molar-refractivity contribution in [3.05, 3.63) is 35.4 Å². The summed E-state index contributed by atoms with van der Waals surface area (Å²) >= 11 is 0. The van der Waals surface area contributed by atoms with Crippen LogP contribution in [0, 0.1) is 0 Å². The summed E-state index contributed by atoms with van der Waals surface area (Å²) in [6, 6.07) is 7.87. The molecule has 1 unspecified atom stereocenters. The Bertz CT molecular complexity index is 728. The Morgan fingerprint density at radius 2 is 1.67 bits per heavy atom. The van der Waals surface area contributed by atoms with Crippen LogP contribution in [0.3, 0.4) is 0 Å². The molecule has 0 heterocycles. The Labute approximate surface area is 183 Å². The van der Waals surface area contributed by atoms with Gasteiger partial charge in [-0.2, -0.15) is 0 Å². The third-order valence-electron chi connectivity index (χ3n) is 4.87. The zero-order valence-corrected chi connectivity index (χ0v) is 20.3. The Kier molecular flexibility index (Phi) is 12.0. The molecule has 0 radical (unpaired) electrons. The van der Waals surface area contributed by atoms with Crippen molar-refractivity contribution in [3.63, 3.8) is 0 Å². The van der Waals surface area contributed by atoms with Crippen molar-refractivity contribution in [1.82, 2.24) is 20.3 Å². The van der Waals surface area contributed by atoms with Gasteiger partial charge in [0.25, 0.3) is 0 Å². The summed E-state index contributed by atoms with van der Waals surface area (Å²) in [6.07, 6.45) is 2.24. The van der Waals surface area contributed by atoms with Crippen LogP contribution in [-0.2, 0) is 22.3 Å². The first kappa shape index (κ1) is 26.4. The molecule has 0 spiro atoms. The molecule has 1 aromatic rings. The first-order valence-corrected chi connectivity index (χ1v) is 12.6. The molecule has 1 atom stereocenters. The van der Waals surface area contributed by atoms with Gasteiger partial charge in [-0.15, -0.1) is 0 Å². The molecule has 8 heteroatoms. The second-order valence-electron chi connectivity index (χ2n) is 7.99. The smallest absolute Gasteiger partial charge is 0.216 e. The van der Waals surface area contributed by atoms with E-state index >= 15 is 0 Å². The molecule has 1 rings (SSSR count). The Balaban J connectivity index is 2.46. The predicted molar refractivity (Wildman–Crippen MR) is 127 cm³/mol. The van der Waals surface area contributed by atoms with Gasteiger partial charge in [-0.05, 0) is 64.4 Å². The summed E-state index contributed by atoms with van der Waals surface area (Å²) in [6.45, 7) is 14.2. The van der Waals surface area contributed by atoms with E-state index in [9.17, 15) is 8.42 Å². The molecule has 0 aliphatic rings. The van der Waals surface area contributed by atoms with Crippen molar-refractivity contribution in [2.24, 2.45) is 4.99 Å². The quantitative estimate of drug-likeness (QED) is 0.325. The molecule has 7 nitrogen and oxygen atoms in total. The largest absolute Gasteiger partial charge is 0.354 e. The van der Waals surface area contributed by atoms with E-state index in [0.29, 0.717) is 12.6 Å². The van der Waals surface area contributed by atoms with Crippen LogP contribution in [0.5, 0.6) is 0 Å². The lowest BCUT2D eigenvalue weighted by Gasteiger charge is -2.21. The Hall–Kier alpha value is -1.64. The number of hydrogen-bond acceptors (Lipinski definition) is 4. The van der Waals surface area contributed by atoms with Crippen molar-refractivity contribution in [3.8, 4) is 0 Å². The number of nitrogens with zero attached hydrogens (tertiary/aromatic N) is 2. The average molecular weight is 440 g/mol. The van der Waals surface area contributed by atoms with E-state index < -0.39 is 10.0 Å².